The minimum Gasteiger partial charge on any atom is -0.495 e. The minimum atomic E-state index is -1.48. The van der Waals surface area contributed by atoms with Crippen molar-refractivity contribution in [3.8, 4) is 5.75 Å². The molecule has 7 heteroatoms. The van der Waals surface area contributed by atoms with E-state index in [9.17, 15) is 9.59 Å². The van der Waals surface area contributed by atoms with Crippen LogP contribution in [0, 0.1) is 0 Å². The summed E-state index contributed by atoms with van der Waals surface area (Å²) in [6, 6.07) is 9.99. The van der Waals surface area contributed by atoms with Gasteiger partial charge in [0.1, 0.15) is 5.75 Å². The van der Waals surface area contributed by atoms with Gasteiger partial charge in [0.05, 0.1) is 17.3 Å². The van der Waals surface area contributed by atoms with Crippen LogP contribution in [0.2, 0.25) is 5.02 Å². The molecule has 0 radical (unpaired) electrons. The van der Waals surface area contributed by atoms with E-state index >= 15 is 0 Å². The fraction of sp³-hybridized carbons (Fsp3) is 0.176. The molecule has 0 bridgehead atoms. The minimum absolute atomic E-state index is 0.328. The van der Waals surface area contributed by atoms with Gasteiger partial charge in [0.25, 0.3) is 5.91 Å². The number of ketones is 1. The zero-order valence-electron chi connectivity index (χ0n) is 12.8. The van der Waals surface area contributed by atoms with Gasteiger partial charge in [0, 0.05) is 23.7 Å². The van der Waals surface area contributed by atoms with Crippen molar-refractivity contribution in [3.05, 3.63) is 57.0 Å². The highest BCUT2D eigenvalue weighted by Crippen LogP contribution is 2.46. The normalized spacial score (nSPS) is 20.1. The zero-order chi connectivity index (χ0) is 17.6. The van der Waals surface area contributed by atoms with Crippen molar-refractivity contribution < 1.29 is 14.3 Å². The number of benzene rings is 2. The number of halogens is 3. The van der Waals surface area contributed by atoms with E-state index < -0.39 is 4.32 Å². The SMILES string of the molecule is COc1cc2c(cc1Br)C(=O)C(Br)(c1ccc(Cl)cc1)C(=O)N2C. The lowest BCUT2D eigenvalue weighted by molar-refractivity contribution is -0.119. The Balaban J connectivity index is 2.22. The molecule has 1 aliphatic heterocycles. The van der Waals surface area contributed by atoms with Crippen molar-refractivity contribution in [1.29, 1.82) is 0 Å². The smallest absolute Gasteiger partial charge is 0.256 e. The second-order valence-electron chi connectivity index (χ2n) is 5.36. The molecule has 1 amide bonds. The van der Waals surface area contributed by atoms with Crippen molar-refractivity contribution in [3.63, 3.8) is 0 Å². The average molecular weight is 474 g/mol. The lowest BCUT2D eigenvalue weighted by Gasteiger charge is -2.36. The second-order valence-corrected chi connectivity index (χ2v) is 7.84. The number of Topliss-reactive ketones (excluding diaryl/α,β-unsaturated/α-hetero) is 1. The van der Waals surface area contributed by atoms with Gasteiger partial charge in [0.15, 0.2) is 10.1 Å². The molecule has 0 spiro atoms. The summed E-state index contributed by atoms with van der Waals surface area (Å²) in [5.74, 6) is -0.146. The monoisotopic (exact) mass is 471 g/mol. The molecular formula is C17H12Br2ClNO3. The van der Waals surface area contributed by atoms with Gasteiger partial charge in [0.2, 0.25) is 0 Å². The summed E-state index contributed by atoms with van der Waals surface area (Å²) in [6.45, 7) is 0. The number of anilines is 1. The molecule has 0 aliphatic carbocycles. The van der Waals surface area contributed by atoms with E-state index in [1.807, 2.05) is 0 Å². The van der Waals surface area contributed by atoms with Crippen LogP contribution >= 0.6 is 43.5 Å². The van der Waals surface area contributed by atoms with E-state index in [4.69, 9.17) is 16.3 Å². The first kappa shape index (κ1) is 17.5. The number of carbonyl (C=O) groups is 2. The summed E-state index contributed by atoms with van der Waals surface area (Å²) in [5, 5.41) is 0.534. The number of rotatable bonds is 2. The first-order valence-corrected chi connectivity index (χ1v) is 8.92. The molecule has 0 saturated heterocycles. The number of likely N-dealkylation sites (N-methyl/N-ethyl adjacent to an activating group) is 1. The highest BCUT2D eigenvalue weighted by atomic mass is 79.9. The number of hydrogen-bond donors (Lipinski definition) is 0. The molecular weight excluding hydrogens is 461 g/mol. The summed E-state index contributed by atoms with van der Waals surface area (Å²) < 4.78 is 4.42. The molecule has 1 unspecified atom stereocenters. The maximum Gasteiger partial charge on any atom is 0.256 e. The second kappa shape index (κ2) is 6.17. The van der Waals surface area contributed by atoms with Gasteiger partial charge in [-0.2, -0.15) is 0 Å². The number of amides is 1. The first-order chi connectivity index (χ1) is 11.3. The number of methoxy groups -OCH3 is 1. The summed E-state index contributed by atoms with van der Waals surface area (Å²) in [6.07, 6.45) is 0. The van der Waals surface area contributed by atoms with E-state index in [1.165, 1.54) is 12.0 Å². The van der Waals surface area contributed by atoms with Crippen molar-refractivity contribution in [2.45, 2.75) is 4.32 Å². The number of alkyl halides is 1. The van der Waals surface area contributed by atoms with E-state index in [0.717, 1.165) is 0 Å². The van der Waals surface area contributed by atoms with E-state index in [0.29, 0.717) is 32.1 Å². The average Bonchev–Trinajstić information content (AvgIpc) is 2.58. The van der Waals surface area contributed by atoms with Gasteiger partial charge in [-0.1, -0.05) is 39.7 Å². The molecule has 0 fully saturated rings. The molecule has 1 atom stereocenters. The summed E-state index contributed by atoms with van der Waals surface area (Å²) >= 11 is 12.7. The Bertz CT molecular complexity index is 854. The number of ether oxygens (including phenoxy) is 1. The van der Waals surface area contributed by atoms with Crippen LogP contribution in [-0.4, -0.2) is 25.8 Å². The number of hydrogen-bond acceptors (Lipinski definition) is 3. The molecule has 24 heavy (non-hydrogen) atoms. The van der Waals surface area contributed by atoms with Crippen molar-refractivity contribution in [2.24, 2.45) is 0 Å². The van der Waals surface area contributed by atoms with Gasteiger partial charge >= 0.3 is 0 Å². The zero-order valence-corrected chi connectivity index (χ0v) is 16.7. The molecule has 3 rings (SSSR count). The summed E-state index contributed by atoms with van der Waals surface area (Å²) in [5.41, 5.74) is 1.47. The van der Waals surface area contributed by atoms with Crippen LogP contribution in [0.15, 0.2) is 40.9 Å². The Hall–Kier alpha value is -1.37. The third-order valence-corrected chi connectivity index (χ3v) is 6.06. The summed E-state index contributed by atoms with van der Waals surface area (Å²) in [4.78, 5) is 27.6. The van der Waals surface area contributed by atoms with Crippen LogP contribution in [0.25, 0.3) is 0 Å². The summed E-state index contributed by atoms with van der Waals surface area (Å²) in [7, 11) is 3.16. The molecule has 1 heterocycles. The lowest BCUT2D eigenvalue weighted by Crippen LogP contribution is -2.51. The quantitative estimate of drug-likeness (QED) is 0.475. The van der Waals surface area contributed by atoms with Crippen LogP contribution in [0.4, 0.5) is 5.69 Å². The van der Waals surface area contributed by atoms with Crippen LogP contribution < -0.4 is 9.64 Å². The Morgan fingerprint density at radius 1 is 1.17 bits per heavy atom. The van der Waals surface area contributed by atoms with Crippen LogP contribution in [0.1, 0.15) is 15.9 Å². The Morgan fingerprint density at radius 3 is 2.38 bits per heavy atom. The largest absolute Gasteiger partial charge is 0.495 e. The lowest BCUT2D eigenvalue weighted by atomic mass is 9.85. The van der Waals surface area contributed by atoms with Gasteiger partial charge in [-0.15, -0.1) is 0 Å². The van der Waals surface area contributed by atoms with Crippen molar-refractivity contribution in [2.75, 3.05) is 19.1 Å². The maximum atomic E-state index is 13.1. The maximum absolute atomic E-state index is 13.1. The highest BCUT2D eigenvalue weighted by Gasteiger charge is 2.52. The fourth-order valence-corrected chi connectivity index (χ4v) is 4.09. The molecule has 4 nitrogen and oxygen atoms in total. The van der Waals surface area contributed by atoms with Gasteiger partial charge in [-0.25, -0.2) is 0 Å². The molecule has 0 saturated carbocycles. The number of fused-ring (bicyclic) bond motifs is 1. The molecule has 2 aromatic rings. The van der Waals surface area contributed by atoms with Crippen molar-refractivity contribution in [1.82, 2.24) is 0 Å². The molecule has 1 aliphatic rings. The van der Waals surface area contributed by atoms with E-state index in [1.54, 1.807) is 43.4 Å². The predicted molar refractivity (Wildman–Crippen MR) is 100 cm³/mol. The topological polar surface area (TPSA) is 46.6 Å². The molecule has 0 aromatic heterocycles. The highest BCUT2D eigenvalue weighted by molar-refractivity contribution is 9.10. The molecule has 2 aromatic carbocycles. The first-order valence-electron chi connectivity index (χ1n) is 6.96. The third kappa shape index (κ3) is 2.48. The third-order valence-electron chi connectivity index (χ3n) is 4.03. The van der Waals surface area contributed by atoms with Gasteiger partial charge < -0.3 is 9.64 Å². The Morgan fingerprint density at radius 2 is 1.79 bits per heavy atom. The van der Waals surface area contributed by atoms with Crippen molar-refractivity contribution >= 4 is 60.8 Å². The van der Waals surface area contributed by atoms with Gasteiger partial charge in [-0.3, -0.25) is 9.59 Å². The Labute approximate surface area is 161 Å². The number of carbonyl (C=O) groups excluding carboxylic acids is 2. The molecule has 124 valence electrons. The predicted octanol–water partition coefficient (Wildman–Crippen LogP) is 4.56. The Kier molecular flexibility index (Phi) is 4.49. The standard InChI is InChI=1S/C17H12Br2ClNO3/c1-21-13-8-14(24-2)12(18)7-11(13)15(22)17(19,16(21)23)9-3-5-10(20)6-4-9/h3-8H,1-2H3. The number of nitrogens with zero attached hydrogens (tertiary/aromatic N) is 1. The van der Waals surface area contributed by atoms with Crippen LogP contribution in [0.3, 0.4) is 0 Å². The van der Waals surface area contributed by atoms with Crippen LogP contribution in [0.5, 0.6) is 5.75 Å². The molecule has 0 N–H and O–H groups in total. The fourth-order valence-electron chi connectivity index (χ4n) is 2.72. The van der Waals surface area contributed by atoms with E-state index in [2.05, 4.69) is 31.9 Å². The van der Waals surface area contributed by atoms with Crippen LogP contribution in [-0.2, 0) is 9.12 Å². The van der Waals surface area contributed by atoms with E-state index in [-0.39, 0.29) is 11.7 Å². The van der Waals surface area contributed by atoms with Gasteiger partial charge in [-0.05, 0) is 39.7 Å².